The summed E-state index contributed by atoms with van der Waals surface area (Å²) in [6.07, 6.45) is 10.6. The van der Waals surface area contributed by atoms with Crippen LogP contribution in [-0.2, 0) is 9.13 Å². The van der Waals surface area contributed by atoms with E-state index in [0.29, 0.717) is 0 Å². The van der Waals surface area contributed by atoms with E-state index >= 15 is 0 Å². The molecule has 0 aliphatic carbocycles. The highest BCUT2D eigenvalue weighted by atomic mass is 31.2. The van der Waals surface area contributed by atoms with Gasteiger partial charge in [-0.2, -0.15) is 0 Å². The molecule has 0 aromatic carbocycles. The van der Waals surface area contributed by atoms with E-state index in [0.717, 1.165) is 0 Å². The van der Waals surface area contributed by atoms with Crippen LogP contribution in [0.2, 0.25) is 0 Å². The molecule has 0 heterocycles. The fraction of sp³-hybridized carbons (Fsp3) is 1.00. The van der Waals surface area contributed by atoms with E-state index < -0.39 is 15.6 Å². The summed E-state index contributed by atoms with van der Waals surface area (Å²) in [5.41, 5.74) is 0. The van der Waals surface area contributed by atoms with Gasteiger partial charge in [-0.25, -0.2) is 9.13 Å². The molecule has 0 rings (SSSR count). The van der Waals surface area contributed by atoms with E-state index in [4.69, 9.17) is 38.5 Å². The number of hydrogen-bond donors (Lipinski definition) is 7. The van der Waals surface area contributed by atoms with Gasteiger partial charge in [-0.15, -0.1) is 0 Å². The maximum atomic E-state index is 8.88. The van der Waals surface area contributed by atoms with Gasteiger partial charge in [-0.1, -0.05) is 107 Å². The lowest BCUT2D eigenvalue weighted by molar-refractivity contribution is 0.272. The van der Waals surface area contributed by atoms with Gasteiger partial charge in [-0.05, 0) is 0 Å². The molecule has 9 N–H and O–H groups in total. The van der Waals surface area contributed by atoms with Crippen molar-refractivity contribution in [2.75, 3.05) is 0 Å². The van der Waals surface area contributed by atoms with Crippen LogP contribution in [0, 0.1) is 0 Å². The van der Waals surface area contributed by atoms with Crippen LogP contribution in [0.15, 0.2) is 0 Å². The van der Waals surface area contributed by atoms with Crippen LogP contribution in [0.3, 0.4) is 0 Å². The first-order valence-electron chi connectivity index (χ1n) is 9.22. The van der Waals surface area contributed by atoms with Gasteiger partial charge in [0.05, 0.1) is 0 Å². The second kappa shape index (κ2) is 40.8. The Bertz CT molecular complexity index is 223. The Balaban J connectivity index is -0.0000000354. The van der Waals surface area contributed by atoms with Gasteiger partial charge in [0.15, 0.2) is 0 Å². The second-order valence-electron chi connectivity index (χ2n) is 5.03. The molecular weight excluding hydrogens is 396 g/mol. The Kier molecular flexibility index (Phi) is 69.1. The Morgan fingerprint density at radius 2 is 0.444 bits per heavy atom. The molecule has 0 amide bonds. The molecule has 0 saturated carbocycles. The van der Waals surface area contributed by atoms with Crippen LogP contribution in [0.1, 0.15) is 107 Å². The molecule has 0 unspecified atom stereocenters. The topological polar surface area (TPSA) is 191 Å². The van der Waals surface area contributed by atoms with Crippen LogP contribution in [0.25, 0.3) is 0 Å². The molecule has 0 atom stereocenters. The van der Waals surface area contributed by atoms with E-state index in [9.17, 15) is 0 Å². The lowest BCUT2D eigenvalue weighted by atomic mass is 10.4. The van der Waals surface area contributed by atoms with Gasteiger partial charge in [0, 0.05) is 0 Å². The molecule has 0 aliphatic rings. The summed E-state index contributed by atoms with van der Waals surface area (Å²) in [5.74, 6) is 0. The number of phosphoric acid groups is 2. The van der Waals surface area contributed by atoms with E-state index in [1.807, 2.05) is 0 Å². The van der Waals surface area contributed by atoms with Gasteiger partial charge < -0.3 is 35.5 Å². The quantitative estimate of drug-likeness (QED) is 0.272. The lowest BCUT2D eigenvalue weighted by Gasteiger charge is -1.82. The zero-order valence-corrected chi connectivity index (χ0v) is 20.5. The Morgan fingerprint density at radius 3 is 0.444 bits per heavy atom. The van der Waals surface area contributed by atoms with Gasteiger partial charge in [0.2, 0.25) is 0 Å². The Hall–Kier alpha value is 0.180. The summed E-state index contributed by atoms with van der Waals surface area (Å²) in [4.78, 5) is 43.1. The van der Waals surface area contributed by atoms with Gasteiger partial charge >= 0.3 is 15.6 Å². The fourth-order valence-corrected chi connectivity index (χ4v) is 0. The van der Waals surface area contributed by atoms with Crippen molar-refractivity contribution in [2.24, 2.45) is 0 Å². The summed E-state index contributed by atoms with van der Waals surface area (Å²) < 4.78 is 17.8. The van der Waals surface area contributed by atoms with Gasteiger partial charge in [0.1, 0.15) is 0 Å². The highest BCUT2D eigenvalue weighted by Crippen LogP contribution is 2.26. The van der Waals surface area contributed by atoms with Crippen LogP contribution in [0.4, 0.5) is 0 Å². The number of unbranched alkanes of at least 4 members (excludes halogenated alkanes) is 4. The fourth-order valence-electron chi connectivity index (χ4n) is 0. The smallest absolute Gasteiger partial charge is 0.344 e. The highest BCUT2D eigenvalue weighted by molar-refractivity contribution is 7.45. The molecule has 9 nitrogen and oxygen atoms in total. The van der Waals surface area contributed by atoms with Crippen molar-refractivity contribution in [1.29, 1.82) is 0 Å². The Morgan fingerprint density at radius 1 is 0.407 bits per heavy atom. The molecule has 11 heteroatoms. The molecule has 176 valence electrons. The zero-order valence-electron chi connectivity index (χ0n) is 18.8. The predicted octanol–water partition coefficient (Wildman–Crippen LogP) is 5.53. The minimum Gasteiger partial charge on any atom is -0.344 e. The SMILES string of the molecule is CCCC.CCCC.CCCC.CCCC.N.O=P(O)(O)O.O=P(O)(O)O. The molecule has 0 radical (unpaired) electrons. The third kappa shape index (κ3) is 876. The second-order valence-corrected chi connectivity index (χ2v) is 7.08. The number of rotatable bonds is 4. The maximum Gasteiger partial charge on any atom is 0.466 e. The molecule has 0 bridgehead atoms. The van der Waals surface area contributed by atoms with Crippen LogP contribution in [0.5, 0.6) is 0 Å². The van der Waals surface area contributed by atoms with Gasteiger partial charge in [-0.3, -0.25) is 0 Å². The summed E-state index contributed by atoms with van der Waals surface area (Å²) in [6, 6.07) is 0. The van der Waals surface area contributed by atoms with Crippen molar-refractivity contribution in [3.8, 4) is 0 Å². The average Bonchev–Trinajstić information content (AvgIpc) is 2.52. The van der Waals surface area contributed by atoms with Crippen molar-refractivity contribution in [1.82, 2.24) is 6.15 Å². The minimum absolute atomic E-state index is 0. The molecule has 0 aliphatic heterocycles. The summed E-state index contributed by atoms with van der Waals surface area (Å²) in [6.45, 7) is 17.4. The summed E-state index contributed by atoms with van der Waals surface area (Å²) in [5, 5.41) is 0. The molecule has 0 spiro atoms. The molecule has 0 fully saturated rings. The van der Waals surface area contributed by atoms with E-state index in [1.165, 1.54) is 51.4 Å². The van der Waals surface area contributed by atoms with E-state index in [1.54, 1.807) is 0 Å². The summed E-state index contributed by atoms with van der Waals surface area (Å²) >= 11 is 0. The average molecular weight is 446 g/mol. The standard InChI is InChI=1S/4C4H10.H3N.2H3O4P/c4*1-3-4-2;;2*1-5(2,3)4/h4*3-4H2,1-2H3;1H3;2*(H3,1,2,3,4). The van der Waals surface area contributed by atoms with E-state index in [-0.39, 0.29) is 6.15 Å². The van der Waals surface area contributed by atoms with Crippen molar-refractivity contribution >= 4 is 15.6 Å². The van der Waals surface area contributed by atoms with Crippen molar-refractivity contribution in [2.45, 2.75) is 107 Å². The van der Waals surface area contributed by atoms with Crippen LogP contribution in [-0.4, -0.2) is 29.4 Å². The van der Waals surface area contributed by atoms with Crippen LogP contribution < -0.4 is 6.15 Å². The Labute approximate surface area is 167 Å². The van der Waals surface area contributed by atoms with Crippen LogP contribution >= 0.6 is 15.6 Å². The molecule has 0 saturated heterocycles. The van der Waals surface area contributed by atoms with E-state index in [2.05, 4.69) is 55.4 Å². The highest BCUT2D eigenvalue weighted by Gasteiger charge is 2.00. The third-order valence-corrected chi connectivity index (χ3v) is 2.00. The maximum absolute atomic E-state index is 8.88. The lowest BCUT2D eigenvalue weighted by Crippen LogP contribution is -1.66. The minimum atomic E-state index is -4.64. The first kappa shape index (κ1) is 45.7. The first-order chi connectivity index (χ1) is 11.7. The van der Waals surface area contributed by atoms with Crippen molar-refractivity contribution in [3.05, 3.63) is 0 Å². The third-order valence-electron chi connectivity index (χ3n) is 2.00. The number of hydrogen-bond acceptors (Lipinski definition) is 3. The molecular formula is C16H49NO8P2. The van der Waals surface area contributed by atoms with Gasteiger partial charge in [0.25, 0.3) is 0 Å². The normalized spacial score (nSPS) is 8.81. The largest absolute Gasteiger partial charge is 0.466 e. The molecule has 0 aromatic rings. The van der Waals surface area contributed by atoms with Crippen molar-refractivity contribution in [3.63, 3.8) is 0 Å². The molecule has 0 aromatic heterocycles. The predicted molar refractivity (Wildman–Crippen MR) is 116 cm³/mol. The zero-order chi connectivity index (χ0) is 22.7. The summed E-state index contributed by atoms with van der Waals surface area (Å²) in [7, 11) is -9.28. The van der Waals surface area contributed by atoms with Crippen molar-refractivity contribution < 1.29 is 38.5 Å². The first-order valence-corrected chi connectivity index (χ1v) is 12.4. The monoisotopic (exact) mass is 445 g/mol. The molecule has 27 heavy (non-hydrogen) atoms.